The molecule has 2 unspecified atom stereocenters. The van der Waals surface area contributed by atoms with E-state index in [0.717, 1.165) is 19.4 Å². The largest absolute Gasteiger partial charge is 0.298 e. The van der Waals surface area contributed by atoms with Crippen molar-refractivity contribution in [1.82, 2.24) is 4.90 Å². The van der Waals surface area contributed by atoms with Gasteiger partial charge in [0.25, 0.3) is 0 Å². The molecule has 1 rings (SSSR count). The van der Waals surface area contributed by atoms with E-state index in [1.807, 2.05) is 0 Å². The molecule has 1 fully saturated rings. The molecule has 1 heterocycles. The number of carbonyl (C=O) groups excluding carboxylic acids is 1. The second-order valence-electron chi connectivity index (χ2n) is 5.53. The van der Waals surface area contributed by atoms with E-state index < -0.39 is 0 Å². The van der Waals surface area contributed by atoms with Gasteiger partial charge in [-0.15, -0.1) is 0 Å². The van der Waals surface area contributed by atoms with Crippen molar-refractivity contribution in [2.75, 3.05) is 11.9 Å². The molecular formula is C12H22BrNO. The molecule has 15 heavy (non-hydrogen) atoms. The summed E-state index contributed by atoms with van der Waals surface area (Å²) in [4.78, 5) is 14.1. The molecule has 0 aromatic heterocycles. The maximum Gasteiger partial charge on any atom is 0.146 e. The number of piperidine rings is 1. The average molecular weight is 276 g/mol. The van der Waals surface area contributed by atoms with E-state index >= 15 is 0 Å². The summed E-state index contributed by atoms with van der Waals surface area (Å²) in [5.41, 5.74) is 0.224. The quantitative estimate of drug-likeness (QED) is 0.723. The molecule has 3 heteroatoms. The van der Waals surface area contributed by atoms with E-state index in [2.05, 4.69) is 48.5 Å². The van der Waals surface area contributed by atoms with Gasteiger partial charge in [0.05, 0.1) is 5.33 Å². The smallest absolute Gasteiger partial charge is 0.146 e. The van der Waals surface area contributed by atoms with Crippen LogP contribution < -0.4 is 0 Å². The fourth-order valence-electron chi connectivity index (χ4n) is 2.57. The molecule has 0 aromatic carbocycles. The van der Waals surface area contributed by atoms with E-state index in [9.17, 15) is 4.79 Å². The predicted molar refractivity (Wildman–Crippen MR) is 67.4 cm³/mol. The zero-order valence-corrected chi connectivity index (χ0v) is 11.8. The normalized spacial score (nSPS) is 29.1. The average Bonchev–Trinajstić information content (AvgIpc) is 2.14. The Kier molecular flexibility index (Phi) is 4.36. The Labute approximate surface area is 102 Å². The highest BCUT2D eigenvalue weighted by Gasteiger charge is 2.34. The van der Waals surface area contributed by atoms with Crippen LogP contribution in [0.5, 0.6) is 0 Å². The molecule has 2 atom stereocenters. The summed E-state index contributed by atoms with van der Waals surface area (Å²) in [7, 11) is 0. The minimum absolute atomic E-state index is 0.224. The molecule has 0 aromatic rings. The lowest BCUT2D eigenvalue weighted by Crippen LogP contribution is -2.52. The van der Waals surface area contributed by atoms with E-state index in [1.54, 1.807) is 0 Å². The Morgan fingerprint density at radius 2 is 2.07 bits per heavy atom. The second-order valence-corrected chi connectivity index (χ2v) is 6.10. The van der Waals surface area contributed by atoms with Crippen LogP contribution in [0.1, 0.15) is 40.5 Å². The fraction of sp³-hybridized carbons (Fsp3) is 0.917. The highest BCUT2D eigenvalue weighted by atomic mass is 79.9. The molecule has 0 N–H and O–H groups in total. The molecule has 1 aliphatic rings. The summed E-state index contributed by atoms with van der Waals surface area (Å²) < 4.78 is 0. The molecule has 0 amide bonds. The Morgan fingerprint density at radius 3 is 2.47 bits per heavy atom. The summed E-state index contributed by atoms with van der Waals surface area (Å²) in [6.45, 7) is 10.0. The molecule has 1 saturated heterocycles. The lowest BCUT2D eigenvalue weighted by Gasteiger charge is -2.45. The minimum atomic E-state index is 0.224. The van der Waals surface area contributed by atoms with Crippen LogP contribution in [0, 0.1) is 5.92 Å². The van der Waals surface area contributed by atoms with Crippen molar-refractivity contribution < 1.29 is 4.79 Å². The van der Waals surface area contributed by atoms with Gasteiger partial charge in [0.15, 0.2) is 0 Å². The predicted octanol–water partition coefficient (Wildman–Crippen LogP) is 2.85. The first kappa shape index (κ1) is 13.2. The van der Waals surface area contributed by atoms with E-state index in [4.69, 9.17) is 0 Å². The van der Waals surface area contributed by atoms with E-state index in [-0.39, 0.29) is 11.5 Å². The van der Waals surface area contributed by atoms with Crippen LogP contribution in [0.3, 0.4) is 0 Å². The van der Waals surface area contributed by atoms with Crippen molar-refractivity contribution >= 4 is 21.7 Å². The molecular weight excluding hydrogens is 254 g/mol. The topological polar surface area (TPSA) is 20.3 Å². The van der Waals surface area contributed by atoms with Gasteiger partial charge in [0.2, 0.25) is 0 Å². The highest BCUT2D eigenvalue weighted by Crippen LogP contribution is 2.29. The number of carbonyl (C=O) groups is 1. The van der Waals surface area contributed by atoms with Gasteiger partial charge < -0.3 is 0 Å². The Balaban J connectivity index is 2.59. The molecule has 0 saturated carbocycles. The zero-order chi connectivity index (χ0) is 11.6. The van der Waals surface area contributed by atoms with Crippen LogP contribution in [0.15, 0.2) is 0 Å². The summed E-state index contributed by atoms with van der Waals surface area (Å²) in [6, 6.07) is 0.520. The number of halogens is 1. The van der Waals surface area contributed by atoms with Crippen molar-refractivity contribution in [3.63, 3.8) is 0 Å². The van der Waals surface area contributed by atoms with Crippen LogP contribution >= 0.6 is 15.9 Å². The Morgan fingerprint density at radius 1 is 1.47 bits per heavy atom. The van der Waals surface area contributed by atoms with Crippen molar-refractivity contribution in [2.24, 2.45) is 5.92 Å². The molecule has 88 valence electrons. The molecule has 0 radical (unpaired) electrons. The van der Waals surface area contributed by atoms with Gasteiger partial charge in [-0.25, -0.2) is 0 Å². The van der Waals surface area contributed by atoms with Crippen LogP contribution in [0.2, 0.25) is 0 Å². The lowest BCUT2D eigenvalue weighted by atomic mass is 9.86. The van der Waals surface area contributed by atoms with Crippen LogP contribution in [0.4, 0.5) is 0 Å². The zero-order valence-electron chi connectivity index (χ0n) is 10.2. The standard InChI is InChI=1S/C12H22BrNO/c1-9-7-10(11(15)8-13)5-6-14(9)12(2,3)4/h9-10H,5-8H2,1-4H3. The van der Waals surface area contributed by atoms with Crippen molar-refractivity contribution in [3.05, 3.63) is 0 Å². The van der Waals surface area contributed by atoms with Gasteiger partial charge in [-0.2, -0.15) is 0 Å². The first-order valence-electron chi connectivity index (χ1n) is 5.71. The van der Waals surface area contributed by atoms with Crippen molar-refractivity contribution in [2.45, 2.75) is 52.1 Å². The summed E-state index contributed by atoms with van der Waals surface area (Å²) in [6.07, 6.45) is 2.04. The molecule has 0 aliphatic carbocycles. The van der Waals surface area contributed by atoms with Crippen molar-refractivity contribution in [3.8, 4) is 0 Å². The third-order valence-corrected chi connectivity index (χ3v) is 3.88. The van der Waals surface area contributed by atoms with Crippen LogP contribution in [-0.2, 0) is 4.79 Å². The summed E-state index contributed by atoms with van der Waals surface area (Å²) >= 11 is 3.26. The number of ketones is 1. The number of likely N-dealkylation sites (tertiary alicyclic amines) is 1. The first-order valence-corrected chi connectivity index (χ1v) is 6.84. The number of hydrogen-bond acceptors (Lipinski definition) is 2. The lowest BCUT2D eigenvalue weighted by molar-refractivity contribution is -0.123. The number of nitrogens with zero attached hydrogens (tertiary/aromatic N) is 1. The summed E-state index contributed by atoms with van der Waals surface area (Å²) in [5.74, 6) is 0.647. The monoisotopic (exact) mass is 275 g/mol. The third-order valence-electron chi connectivity index (χ3n) is 3.32. The SMILES string of the molecule is CC1CC(C(=O)CBr)CCN1C(C)(C)C. The van der Waals surface area contributed by atoms with Crippen LogP contribution in [0.25, 0.3) is 0 Å². The fourth-order valence-corrected chi connectivity index (χ4v) is 3.03. The van der Waals surface area contributed by atoms with Crippen molar-refractivity contribution in [1.29, 1.82) is 0 Å². The number of rotatable bonds is 2. The second kappa shape index (κ2) is 4.96. The third kappa shape index (κ3) is 3.28. The van der Waals surface area contributed by atoms with Gasteiger partial charge in [-0.3, -0.25) is 9.69 Å². The Hall–Kier alpha value is 0.110. The van der Waals surface area contributed by atoms with Crippen LogP contribution in [-0.4, -0.2) is 34.1 Å². The first-order chi connectivity index (χ1) is 6.86. The summed E-state index contributed by atoms with van der Waals surface area (Å²) in [5, 5.41) is 0.514. The van der Waals surface area contributed by atoms with Gasteiger partial charge in [0, 0.05) is 17.5 Å². The van der Waals surface area contributed by atoms with Gasteiger partial charge in [-0.1, -0.05) is 15.9 Å². The highest BCUT2D eigenvalue weighted by molar-refractivity contribution is 9.09. The number of alkyl halides is 1. The minimum Gasteiger partial charge on any atom is -0.298 e. The maximum absolute atomic E-state index is 11.6. The van der Waals surface area contributed by atoms with Gasteiger partial charge >= 0.3 is 0 Å². The van der Waals surface area contributed by atoms with E-state index in [0.29, 0.717) is 17.2 Å². The molecule has 0 spiro atoms. The molecule has 0 bridgehead atoms. The van der Waals surface area contributed by atoms with Gasteiger partial charge in [0.1, 0.15) is 5.78 Å². The number of Topliss-reactive ketones (excluding diaryl/α,β-unsaturated/α-hetero) is 1. The maximum atomic E-state index is 11.6. The number of hydrogen-bond donors (Lipinski definition) is 0. The molecule has 2 nitrogen and oxygen atoms in total. The Bertz CT molecular complexity index is 234. The molecule has 1 aliphatic heterocycles. The van der Waals surface area contributed by atoms with Gasteiger partial charge in [-0.05, 0) is 47.1 Å². The van der Waals surface area contributed by atoms with E-state index in [1.165, 1.54) is 0 Å².